The number of ether oxygens (including phenoxy) is 2. The second-order valence-electron chi connectivity index (χ2n) is 7.98. The maximum absolute atomic E-state index is 12.8. The molecule has 6 rings (SSSR count). The van der Waals surface area contributed by atoms with Gasteiger partial charge in [0.2, 0.25) is 0 Å². The van der Waals surface area contributed by atoms with Gasteiger partial charge in [-0.05, 0) is 46.5 Å². The number of hydrogen-bond donors (Lipinski definition) is 1. The third-order valence-electron chi connectivity index (χ3n) is 5.95. The highest BCUT2D eigenvalue weighted by Crippen LogP contribution is 2.31. The zero-order valence-corrected chi connectivity index (χ0v) is 18.3. The van der Waals surface area contributed by atoms with Gasteiger partial charge in [0.05, 0.1) is 16.2 Å². The van der Waals surface area contributed by atoms with E-state index in [1.54, 1.807) is 18.2 Å². The average Bonchev–Trinajstić information content (AvgIpc) is 3.34. The highest BCUT2D eigenvalue weighted by atomic mass is 35.5. The number of esters is 2. The van der Waals surface area contributed by atoms with Crippen molar-refractivity contribution in [1.82, 2.24) is 0 Å². The number of rotatable bonds is 3. The van der Waals surface area contributed by atoms with Gasteiger partial charge in [-0.1, -0.05) is 72.3 Å². The van der Waals surface area contributed by atoms with Crippen molar-refractivity contribution in [2.24, 2.45) is 0 Å². The summed E-state index contributed by atoms with van der Waals surface area (Å²) in [5.74, 6) is -0.406. The summed E-state index contributed by atoms with van der Waals surface area (Å²) in [4.78, 5) is 25.5. The second-order valence-corrected chi connectivity index (χ2v) is 8.39. The first-order valence-electron chi connectivity index (χ1n) is 10.5. The van der Waals surface area contributed by atoms with Crippen molar-refractivity contribution in [2.45, 2.75) is 0 Å². The van der Waals surface area contributed by atoms with Gasteiger partial charge in [0.25, 0.3) is 0 Å². The fourth-order valence-electron chi connectivity index (χ4n) is 4.31. The highest BCUT2D eigenvalue weighted by Gasteiger charge is 2.30. The lowest BCUT2D eigenvalue weighted by molar-refractivity contribution is -0.128. The van der Waals surface area contributed by atoms with Crippen LogP contribution < -0.4 is 19.9 Å². The van der Waals surface area contributed by atoms with Crippen molar-refractivity contribution in [2.75, 3.05) is 0 Å². The Balaban J connectivity index is 1.50. The van der Waals surface area contributed by atoms with E-state index >= 15 is 0 Å². The molecule has 0 amide bonds. The maximum Gasteiger partial charge on any atom is 0.344 e. The van der Waals surface area contributed by atoms with E-state index in [9.17, 15) is 14.7 Å². The molecule has 0 unspecified atom stereocenters. The van der Waals surface area contributed by atoms with Gasteiger partial charge in [-0.15, -0.1) is 0 Å². The molecule has 4 aromatic carbocycles. The molecule has 0 saturated heterocycles. The summed E-state index contributed by atoms with van der Waals surface area (Å²) in [6.45, 7) is 0. The van der Waals surface area contributed by atoms with Crippen LogP contribution in [0.1, 0.15) is 11.1 Å². The number of phenols is 1. The molecule has 2 heterocycles. The molecule has 0 fully saturated rings. The molecule has 0 spiro atoms. The van der Waals surface area contributed by atoms with Gasteiger partial charge in [-0.2, -0.15) is 0 Å². The Labute approximate surface area is 198 Å². The fourth-order valence-corrected chi connectivity index (χ4v) is 4.49. The van der Waals surface area contributed by atoms with Gasteiger partial charge in [0.15, 0.2) is 0 Å². The van der Waals surface area contributed by atoms with Crippen molar-refractivity contribution in [3.63, 3.8) is 0 Å². The number of halogens is 1. The van der Waals surface area contributed by atoms with Crippen molar-refractivity contribution in [3.05, 3.63) is 112 Å². The van der Waals surface area contributed by atoms with E-state index in [1.807, 2.05) is 54.6 Å². The first-order chi connectivity index (χ1) is 16.5. The molecule has 1 N–H and O–H groups in total. The molecule has 0 saturated carbocycles. The van der Waals surface area contributed by atoms with Gasteiger partial charge in [0.1, 0.15) is 17.2 Å². The van der Waals surface area contributed by atoms with Crippen molar-refractivity contribution in [3.8, 4) is 28.4 Å². The topological polar surface area (TPSA) is 72.8 Å². The van der Waals surface area contributed by atoms with E-state index in [0.29, 0.717) is 38.6 Å². The Kier molecular flexibility index (Phi) is 4.54. The molecule has 6 heteroatoms. The molecule has 0 bridgehead atoms. The molecule has 0 aliphatic carbocycles. The summed E-state index contributed by atoms with van der Waals surface area (Å²) in [5.41, 5.74) is 4.02. The molecule has 0 atom stereocenters. The van der Waals surface area contributed by atoms with E-state index in [1.165, 1.54) is 12.1 Å². The van der Waals surface area contributed by atoms with E-state index < -0.39 is 11.9 Å². The normalized spacial score (nSPS) is 14.0. The predicted octanol–water partition coefficient (Wildman–Crippen LogP) is 3.95. The van der Waals surface area contributed by atoms with Crippen LogP contribution in [0.3, 0.4) is 0 Å². The van der Waals surface area contributed by atoms with Crippen LogP contribution in [-0.2, 0) is 9.59 Å². The van der Waals surface area contributed by atoms with Gasteiger partial charge in [-0.25, -0.2) is 9.59 Å². The molecule has 0 radical (unpaired) electrons. The Bertz CT molecular complexity index is 1640. The van der Waals surface area contributed by atoms with E-state index in [-0.39, 0.29) is 16.3 Å². The third-order valence-corrected chi connectivity index (χ3v) is 6.25. The standard InChI is InChI=1S/C28H15ClO5/c29-21-12-18(10-11-22(21)30)26-20-14-23-19(13-24(20)34-28(26)32)25(27(31)33-23)17-8-6-16(7-9-17)15-4-2-1-3-5-15/h1-14,30H. The Morgan fingerprint density at radius 3 is 1.68 bits per heavy atom. The highest BCUT2D eigenvalue weighted by molar-refractivity contribution is 6.32. The molecular weight excluding hydrogens is 452 g/mol. The van der Waals surface area contributed by atoms with Crippen LogP contribution >= 0.6 is 11.6 Å². The minimum atomic E-state index is -0.541. The zero-order chi connectivity index (χ0) is 23.4. The number of phenolic OH excluding ortho intramolecular Hbond substituents is 1. The minimum absolute atomic E-state index is 0.0852. The SMILES string of the molecule is O=C1Oc2cc3c(cc2=C1c1ccc(-c2ccccc2)cc1)OC(=O)C=3c1ccc(O)c(Cl)c1. The number of carbonyl (C=O) groups is 2. The van der Waals surface area contributed by atoms with Crippen molar-refractivity contribution < 1.29 is 24.2 Å². The Morgan fingerprint density at radius 1 is 0.588 bits per heavy atom. The summed E-state index contributed by atoms with van der Waals surface area (Å²) in [6, 6.07) is 25.4. The zero-order valence-electron chi connectivity index (χ0n) is 17.5. The lowest BCUT2D eigenvalue weighted by Crippen LogP contribution is -2.11. The molecule has 4 aromatic rings. The summed E-state index contributed by atoms with van der Waals surface area (Å²) >= 11 is 6.03. The Hall–Kier alpha value is -4.35. The van der Waals surface area contributed by atoms with Gasteiger partial charge < -0.3 is 14.6 Å². The average molecular weight is 467 g/mol. The summed E-state index contributed by atoms with van der Waals surface area (Å²) in [6.07, 6.45) is 0. The smallest absolute Gasteiger partial charge is 0.344 e. The molecule has 2 aliphatic rings. The third kappa shape index (κ3) is 3.17. The van der Waals surface area contributed by atoms with Crippen LogP contribution in [0.4, 0.5) is 0 Å². The number of carbonyl (C=O) groups excluding carboxylic acids is 2. The number of benzene rings is 4. The summed E-state index contributed by atoms with van der Waals surface area (Å²) in [7, 11) is 0. The fraction of sp³-hybridized carbons (Fsp3) is 0. The van der Waals surface area contributed by atoms with Crippen LogP contribution in [0.2, 0.25) is 5.02 Å². The molecule has 5 nitrogen and oxygen atoms in total. The maximum atomic E-state index is 12.8. The first kappa shape index (κ1) is 20.3. The van der Waals surface area contributed by atoms with Crippen LogP contribution in [0.25, 0.3) is 22.3 Å². The second kappa shape index (κ2) is 7.61. The molecule has 164 valence electrons. The number of aromatic hydroxyl groups is 1. The summed E-state index contributed by atoms with van der Waals surface area (Å²) in [5, 5.41) is 10.9. The van der Waals surface area contributed by atoms with Crippen LogP contribution in [0.15, 0.2) is 84.9 Å². The molecule has 0 aromatic heterocycles. The van der Waals surface area contributed by atoms with E-state index in [4.69, 9.17) is 21.1 Å². The first-order valence-corrected chi connectivity index (χ1v) is 10.9. The predicted molar refractivity (Wildman–Crippen MR) is 127 cm³/mol. The number of hydrogen-bond acceptors (Lipinski definition) is 5. The van der Waals surface area contributed by atoms with E-state index in [0.717, 1.165) is 11.1 Å². The van der Waals surface area contributed by atoms with Gasteiger partial charge in [0, 0.05) is 10.4 Å². The van der Waals surface area contributed by atoms with Crippen LogP contribution in [0.5, 0.6) is 17.2 Å². The molecule has 2 aliphatic heterocycles. The largest absolute Gasteiger partial charge is 0.506 e. The quantitative estimate of drug-likeness (QED) is 0.365. The Morgan fingerprint density at radius 2 is 1.09 bits per heavy atom. The summed E-state index contributed by atoms with van der Waals surface area (Å²) < 4.78 is 11.1. The number of fused-ring (bicyclic) bond motifs is 2. The van der Waals surface area contributed by atoms with Crippen molar-refractivity contribution >= 4 is 34.7 Å². The van der Waals surface area contributed by atoms with Gasteiger partial charge >= 0.3 is 11.9 Å². The van der Waals surface area contributed by atoms with Crippen molar-refractivity contribution in [1.29, 1.82) is 0 Å². The molecular formula is C28H15ClO5. The lowest BCUT2D eigenvalue weighted by Gasteiger charge is -2.04. The molecule has 34 heavy (non-hydrogen) atoms. The van der Waals surface area contributed by atoms with Gasteiger partial charge in [-0.3, -0.25) is 0 Å². The minimum Gasteiger partial charge on any atom is -0.506 e. The van der Waals surface area contributed by atoms with Crippen LogP contribution in [0, 0.1) is 0 Å². The van der Waals surface area contributed by atoms with Crippen LogP contribution in [-0.4, -0.2) is 17.0 Å². The van der Waals surface area contributed by atoms with E-state index in [2.05, 4.69) is 0 Å². The lowest BCUT2D eigenvalue weighted by atomic mass is 9.99. The monoisotopic (exact) mass is 466 g/mol.